The lowest BCUT2D eigenvalue weighted by molar-refractivity contribution is -0.764. The van der Waals surface area contributed by atoms with E-state index in [-0.39, 0.29) is 12.2 Å². The van der Waals surface area contributed by atoms with Crippen molar-refractivity contribution in [2.24, 2.45) is 5.73 Å². The number of carbonyl (C=O) groups is 1. The van der Waals surface area contributed by atoms with Gasteiger partial charge < -0.3 is 20.5 Å². The summed E-state index contributed by atoms with van der Waals surface area (Å²) in [6.07, 6.45) is -1.75. The molecule has 1 aromatic rings. The minimum Gasteiger partial charge on any atom is -0.387 e. The maximum Gasteiger partial charge on any atom is 0.472 e. The molecule has 0 aromatic carbocycles. The summed E-state index contributed by atoms with van der Waals surface area (Å²) >= 11 is 0. The second-order valence-electron chi connectivity index (χ2n) is 5.86. The predicted octanol–water partition coefficient (Wildman–Crippen LogP) is 0.603. The summed E-state index contributed by atoms with van der Waals surface area (Å²) in [5.41, 5.74) is 5.33. The highest BCUT2D eigenvalue weighted by atomic mass is 31.2. The number of primary amides is 1. The molecule has 1 unspecified atom stereocenters. The van der Waals surface area contributed by atoms with Crippen molar-refractivity contribution in [3.05, 3.63) is 30.1 Å². The number of aromatic nitrogens is 1. The highest BCUT2D eigenvalue weighted by molar-refractivity contribution is 7.47. The monoisotopic (exact) mass is 393 g/mol. The molecule has 1 saturated heterocycles. The molecule has 0 bridgehead atoms. The van der Waals surface area contributed by atoms with Crippen LogP contribution < -0.4 is 10.3 Å². The standard InChI is InChI=1S/C15H22FN2O7P/c1-2-3-7-23-26(21,22)24-9-11-13(19)12(16)15(25-11)18-6-4-5-10(8-18)14(17)20/h4-6,8,11-13,15,19H,2-3,7,9H2,1H3,(H2-,17,20,21,22)/p+1/t11-,12+,13-,15+/m1/s1. The molecule has 2 heterocycles. The Bertz CT molecular complexity index is 677. The van der Waals surface area contributed by atoms with Gasteiger partial charge in [-0.2, -0.15) is 4.57 Å². The Hall–Kier alpha value is -1.42. The van der Waals surface area contributed by atoms with Crippen molar-refractivity contribution in [3.8, 4) is 0 Å². The summed E-state index contributed by atoms with van der Waals surface area (Å²) in [7, 11) is -4.32. The molecule has 2 rings (SSSR count). The number of nitrogens with zero attached hydrogens (tertiary/aromatic N) is 1. The predicted molar refractivity (Wildman–Crippen MR) is 86.6 cm³/mol. The molecule has 0 spiro atoms. The molecule has 9 nitrogen and oxygen atoms in total. The molecule has 1 aliphatic rings. The quantitative estimate of drug-likeness (QED) is 0.318. The number of amides is 1. The van der Waals surface area contributed by atoms with Gasteiger partial charge in [-0.25, -0.2) is 8.96 Å². The third kappa shape index (κ3) is 5.29. The first-order chi connectivity index (χ1) is 12.2. The number of aliphatic hydroxyl groups is 1. The number of hydrogen-bond donors (Lipinski definition) is 3. The van der Waals surface area contributed by atoms with Gasteiger partial charge in [0.15, 0.2) is 12.4 Å². The Morgan fingerprint density at radius 2 is 2.23 bits per heavy atom. The summed E-state index contributed by atoms with van der Waals surface area (Å²) in [4.78, 5) is 20.8. The van der Waals surface area contributed by atoms with Gasteiger partial charge in [0, 0.05) is 6.07 Å². The van der Waals surface area contributed by atoms with Crippen LogP contribution >= 0.6 is 7.82 Å². The van der Waals surface area contributed by atoms with Crippen LogP contribution in [-0.4, -0.2) is 47.5 Å². The number of aliphatic hydroxyl groups excluding tert-OH is 1. The zero-order chi connectivity index (χ0) is 19.3. The number of hydrogen-bond acceptors (Lipinski definition) is 6. The fourth-order valence-electron chi connectivity index (χ4n) is 2.41. The smallest absolute Gasteiger partial charge is 0.387 e. The minimum absolute atomic E-state index is 0.0441. The van der Waals surface area contributed by atoms with E-state index in [1.165, 1.54) is 29.1 Å². The Balaban J connectivity index is 2.00. The van der Waals surface area contributed by atoms with E-state index in [4.69, 9.17) is 19.5 Å². The van der Waals surface area contributed by atoms with E-state index in [9.17, 15) is 23.7 Å². The molecular weight excluding hydrogens is 370 g/mol. The second kappa shape index (κ2) is 8.98. The van der Waals surface area contributed by atoms with Gasteiger partial charge in [0.2, 0.25) is 6.17 Å². The van der Waals surface area contributed by atoms with E-state index >= 15 is 0 Å². The van der Waals surface area contributed by atoms with Crippen molar-refractivity contribution in [1.29, 1.82) is 0 Å². The van der Waals surface area contributed by atoms with Gasteiger partial charge in [-0.3, -0.25) is 13.8 Å². The molecule has 1 amide bonds. The van der Waals surface area contributed by atoms with E-state index in [0.717, 1.165) is 6.42 Å². The van der Waals surface area contributed by atoms with E-state index in [1.54, 1.807) is 0 Å². The van der Waals surface area contributed by atoms with Crippen LogP contribution in [-0.2, 0) is 18.3 Å². The summed E-state index contributed by atoms with van der Waals surface area (Å²) in [5.74, 6) is -0.696. The lowest BCUT2D eigenvalue weighted by Gasteiger charge is -2.16. The molecule has 0 radical (unpaired) electrons. The lowest BCUT2D eigenvalue weighted by atomic mass is 10.1. The van der Waals surface area contributed by atoms with E-state index in [0.29, 0.717) is 6.42 Å². The number of carbonyl (C=O) groups excluding carboxylic acids is 1. The highest BCUT2D eigenvalue weighted by Gasteiger charge is 2.50. The maximum absolute atomic E-state index is 14.4. The van der Waals surface area contributed by atoms with Gasteiger partial charge in [0.1, 0.15) is 17.8 Å². The summed E-state index contributed by atoms with van der Waals surface area (Å²) in [6, 6.07) is 2.93. The van der Waals surface area contributed by atoms with Gasteiger partial charge in [0.05, 0.1) is 13.2 Å². The first kappa shape index (κ1) is 20.9. The van der Waals surface area contributed by atoms with Crippen molar-refractivity contribution < 1.29 is 42.1 Å². The molecule has 1 aromatic heterocycles. The fourth-order valence-corrected chi connectivity index (χ4v) is 3.18. The Labute approximate surface area is 150 Å². The van der Waals surface area contributed by atoms with Crippen molar-refractivity contribution in [2.45, 2.75) is 44.4 Å². The number of alkyl halides is 1. The zero-order valence-electron chi connectivity index (χ0n) is 14.2. The second-order valence-corrected chi connectivity index (χ2v) is 7.31. The van der Waals surface area contributed by atoms with Gasteiger partial charge in [-0.15, -0.1) is 0 Å². The number of rotatable bonds is 9. The number of nitrogens with two attached hydrogens (primary N) is 1. The first-order valence-electron chi connectivity index (χ1n) is 8.15. The molecule has 11 heteroatoms. The van der Waals surface area contributed by atoms with E-state index < -0.39 is 44.9 Å². The van der Waals surface area contributed by atoms with Crippen LogP contribution in [0.3, 0.4) is 0 Å². The Morgan fingerprint density at radius 3 is 2.88 bits per heavy atom. The van der Waals surface area contributed by atoms with Crippen LogP contribution in [0.4, 0.5) is 4.39 Å². The average molecular weight is 393 g/mol. The van der Waals surface area contributed by atoms with Crippen LogP contribution in [0.15, 0.2) is 24.5 Å². The number of halogens is 1. The summed E-state index contributed by atoms with van der Waals surface area (Å²) in [6.45, 7) is 1.40. The van der Waals surface area contributed by atoms with Crippen LogP contribution in [0, 0.1) is 0 Å². The molecule has 1 aliphatic heterocycles. The number of unbranched alkanes of at least 4 members (excludes halogenated alkanes) is 1. The summed E-state index contributed by atoms with van der Waals surface area (Å²) < 4.78 is 42.3. The number of ether oxygens (including phenoxy) is 1. The molecule has 5 atom stereocenters. The Kier molecular flexibility index (Phi) is 7.22. The van der Waals surface area contributed by atoms with Crippen molar-refractivity contribution in [2.75, 3.05) is 13.2 Å². The lowest BCUT2D eigenvalue weighted by Crippen LogP contribution is -2.45. The van der Waals surface area contributed by atoms with Crippen LogP contribution in [0.1, 0.15) is 36.4 Å². The van der Waals surface area contributed by atoms with Gasteiger partial charge in [0.25, 0.3) is 12.1 Å². The normalized spacial score (nSPS) is 28.0. The molecule has 1 fully saturated rings. The zero-order valence-corrected chi connectivity index (χ0v) is 15.1. The van der Waals surface area contributed by atoms with Gasteiger partial charge >= 0.3 is 7.82 Å². The molecule has 146 valence electrons. The first-order valence-corrected chi connectivity index (χ1v) is 9.65. The van der Waals surface area contributed by atoms with Crippen molar-refractivity contribution >= 4 is 13.7 Å². The summed E-state index contributed by atoms with van der Waals surface area (Å²) in [5, 5.41) is 9.98. The van der Waals surface area contributed by atoms with Gasteiger partial charge in [-0.05, 0) is 12.5 Å². The molecule has 0 saturated carbocycles. The SMILES string of the molecule is CCCCOP(=O)(O)OC[C@H]1O[C@H]([n+]2cccc(C(N)=O)c2)[C@@H](F)[C@@H]1O. The van der Waals surface area contributed by atoms with Crippen molar-refractivity contribution in [3.63, 3.8) is 0 Å². The van der Waals surface area contributed by atoms with Gasteiger partial charge in [-0.1, -0.05) is 13.3 Å². The van der Waals surface area contributed by atoms with Crippen LogP contribution in [0.5, 0.6) is 0 Å². The Morgan fingerprint density at radius 1 is 1.50 bits per heavy atom. The topological polar surface area (TPSA) is 132 Å². The number of phosphoric ester groups is 1. The molecular formula is C15H23FN2O7P+. The third-order valence-corrected chi connectivity index (χ3v) is 4.83. The minimum atomic E-state index is -4.32. The number of pyridine rings is 1. The van der Waals surface area contributed by atoms with E-state index in [2.05, 4.69) is 0 Å². The van der Waals surface area contributed by atoms with Crippen LogP contribution in [0.2, 0.25) is 0 Å². The molecule has 4 N–H and O–H groups in total. The van der Waals surface area contributed by atoms with E-state index in [1.807, 2.05) is 6.92 Å². The van der Waals surface area contributed by atoms with Crippen molar-refractivity contribution in [1.82, 2.24) is 0 Å². The highest BCUT2D eigenvalue weighted by Crippen LogP contribution is 2.44. The molecule has 26 heavy (non-hydrogen) atoms. The maximum atomic E-state index is 14.4. The molecule has 0 aliphatic carbocycles. The third-order valence-electron chi connectivity index (χ3n) is 3.85. The number of phosphoric acid groups is 1. The van der Waals surface area contributed by atoms with Crippen LogP contribution in [0.25, 0.3) is 0 Å². The average Bonchev–Trinajstić information content (AvgIpc) is 2.88. The fraction of sp³-hybridized carbons (Fsp3) is 0.600. The largest absolute Gasteiger partial charge is 0.472 e.